The normalized spacial score (nSPS) is 26.3. The van der Waals surface area contributed by atoms with Crippen LogP contribution in [0.4, 0.5) is 8.78 Å². The Hall–Kier alpha value is -0.420. The van der Waals surface area contributed by atoms with E-state index in [1.165, 1.54) is 0 Å². The van der Waals surface area contributed by atoms with Crippen molar-refractivity contribution in [2.45, 2.75) is 24.8 Å². The van der Waals surface area contributed by atoms with E-state index < -0.39 is 24.4 Å². The lowest BCUT2D eigenvalue weighted by atomic mass is 10.1. The number of aliphatic carboxylic acids is 1. The highest BCUT2D eigenvalue weighted by Gasteiger charge is 2.44. The molecule has 0 bridgehead atoms. The highest BCUT2D eigenvalue weighted by Crippen LogP contribution is 2.29. The van der Waals surface area contributed by atoms with Crippen molar-refractivity contribution in [2.24, 2.45) is 0 Å². The maximum absolute atomic E-state index is 12.6. The van der Waals surface area contributed by atoms with Gasteiger partial charge in [0.05, 0.1) is 12.5 Å². The van der Waals surface area contributed by atoms with Crippen LogP contribution in [0.1, 0.15) is 12.8 Å². The fourth-order valence-corrected chi connectivity index (χ4v) is 1.13. The third-order valence-electron chi connectivity index (χ3n) is 1.74. The molecule has 3 nitrogen and oxygen atoms in total. The second-order valence-electron chi connectivity index (χ2n) is 2.62. The number of carboxylic acids is 1. The van der Waals surface area contributed by atoms with Gasteiger partial charge in [0.15, 0.2) is 0 Å². The van der Waals surface area contributed by atoms with E-state index in [9.17, 15) is 13.6 Å². The molecule has 0 aromatic heterocycles. The highest BCUT2D eigenvalue weighted by atomic mass is 35.5. The van der Waals surface area contributed by atoms with Gasteiger partial charge in [-0.15, -0.1) is 12.4 Å². The highest BCUT2D eigenvalue weighted by molar-refractivity contribution is 5.85. The van der Waals surface area contributed by atoms with Crippen LogP contribution in [-0.2, 0) is 4.79 Å². The van der Waals surface area contributed by atoms with Crippen molar-refractivity contribution < 1.29 is 18.7 Å². The third kappa shape index (κ3) is 2.57. The fraction of sp³-hybridized carbons (Fsp3) is 0.833. The molecule has 0 amide bonds. The predicted octanol–water partition coefficient (Wildman–Crippen LogP) is 0.880. The topological polar surface area (TPSA) is 49.3 Å². The van der Waals surface area contributed by atoms with Gasteiger partial charge in [-0.2, -0.15) is 0 Å². The molecule has 1 heterocycles. The van der Waals surface area contributed by atoms with Crippen molar-refractivity contribution >= 4 is 18.4 Å². The van der Waals surface area contributed by atoms with Crippen molar-refractivity contribution in [3.05, 3.63) is 0 Å². The lowest BCUT2D eigenvalue weighted by Gasteiger charge is -2.15. The summed E-state index contributed by atoms with van der Waals surface area (Å²) >= 11 is 0. The lowest BCUT2D eigenvalue weighted by Crippen LogP contribution is -2.37. The van der Waals surface area contributed by atoms with E-state index in [0.29, 0.717) is 0 Å². The molecule has 2 N–H and O–H groups in total. The molecule has 1 fully saturated rings. The van der Waals surface area contributed by atoms with Crippen molar-refractivity contribution in [1.82, 2.24) is 5.32 Å². The average Bonchev–Trinajstić information content (AvgIpc) is 2.10. The molecule has 12 heavy (non-hydrogen) atoms. The third-order valence-corrected chi connectivity index (χ3v) is 1.74. The van der Waals surface area contributed by atoms with Crippen molar-refractivity contribution in [1.29, 1.82) is 0 Å². The Bertz CT molecular complexity index is 177. The van der Waals surface area contributed by atoms with Crippen LogP contribution in [0.2, 0.25) is 0 Å². The number of hydrogen-bond donors (Lipinski definition) is 2. The quantitative estimate of drug-likeness (QED) is 0.698. The van der Waals surface area contributed by atoms with Crippen LogP contribution < -0.4 is 5.32 Å². The van der Waals surface area contributed by atoms with E-state index in [1.807, 2.05) is 0 Å². The molecular weight excluding hydrogens is 192 g/mol. The SMILES string of the molecule is Cl.O=C(O)CC1NCCC1(F)F. The summed E-state index contributed by atoms with van der Waals surface area (Å²) in [5.74, 6) is -4.04. The molecule has 0 spiro atoms. The Morgan fingerprint density at radius 3 is 2.58 bits per heavy atom. The second-order valence-corrected chi connectivity index (χ2v) is 2.62. The van der Waals surface area contributed by atoms with E-state index in [4.69, 9.17) is 5.11 Å². The van der Waals surface area contributed by atoms with Crippen molar-refractivity contribution in [3.63, 3.8) is 0 Å². The van der Waals surface area contributed by atoms with Crippen LogP contribution in [0.15, 0.2) is 0 Å². The van der Waals surface area contributed by atoms with Gasteiger partial charge in [0.1, 0.15) is 0 Å². The maximum Gasteiger partial charge on any atom is 0.305 e. The molecule has 0 aromatic rings. The molecular formula is C6H10ClF2NO2. The molecule has 0 radical (unpaired) electrons. The van der Waals surface area contributed by atoms with Gasteiger partial charge in [0.2, 0.25) is 0 Å². The number of carboxylic acid groups (broad SMARTS) is 1. The van der Waals surface area contributed by atoms with E-state index in [1.54, 1.807) is 0 Å². The molecule has 0 aromatic carbocycles. The summed E-state index contributed by atoms with van der Waals surface area (Å²) < 4.78 is 25.3. The predicted molar refractivity (Wildman–Crippen MR) is 40.9 cm³/mol. The summed E-state index contributed by atoms with van der Waals surface area (Å²) in [6, 6.07) is -1.18. The summed E-state index contributed by atoms with van der Waals surface area (Å²) in [7, 11) is 0. The van der Waals surface area contributed by atoms with E-state index in [2.05, 4.69) is 5.32 Å². The van der Waals surface area contributed by atoms with Gasteiger partial charge in [-0.3, -0.25) is 4.79 Å². The summed E-state index contributed by atoms with van der Waals surface area (Å²) in [6.07, 6.45) is -0.766. The summed E-state index contributed by atoms with van der Waals surface area (Å²) in [5.41, 5.74) is 0. The fourth-order valence-electron chi connectivity index (χ4n) is 1.13. The largest absolute Gasteiger partial charge is 0.481 e. The summed E-state index contributed by atoms with van der Waals surface area (Å²) in [5, 5.41) is 10.7. The maximum atomic E-state index is 12.6. The lowest BCUT2D eigenvalue weighted by molar-refractivity contribution is -0.139. The first-order chi connectivity index (χ1) is 5.02. The van der Waals surface area contributed by atoms with Crippen LogP contribution in [0, 0.1) is 0 Å². The van der Waals surface area contributed by atoms with Crippen molar-refractivity contribution in [3.8, 4) is 0 Å². The molecule has 1 rings (SSSR count). The number of hydrogen-bond acceptors (Lipinski definition) is 2. The van der Waals surface area contributed by atoms with Crippen LogP contribution in [0.3, 0.4) is 0 Å². The Morgan fingerprint density at radius 2 is 2.25 bits per heavy atom. The zero-order chi connectivity index (χ0) is 8.48. The molecule has 1 saturated heterocycles. The first-order valence-electron chi connectivity index (χ1n) is 3.35. The molecule has 1 atom stereocenters. The second kappa shape index (κ2) is 4.00. The number of rotatable bonds is 2. The van der Waals surface area contributed by atoms with Gasteiger partial charge in [-0.05, 0) is 0 Å². The van der Waals surface area contributed by atoms with E-state index in [-0.39, 0.29) is 25.4 Å². The summed E-state index contributed by atoms with van der Waals surface area (Å²) in [4.78, 5) is 10.1. The first kappa shape index (κ1) is 11.6. The Labute approximate surface area is 74.5 Å². The molecule has 0 aliphatic carbocycles. The van der Waals surface area contributed by atoms with Gasteiger partial charge < -0.3 is 10.4 Å². The number of alkyl halides is 2. The Balaban J connectivity index is 0.00000121. The zero-order valence-corrected chi connectivity index (χ0v) is 7.03. The van der Waals surface area contributed by atoms with Crippen LogP contribution in [0.25, 0.3) is 0 Å². The van der Waals surface area contributed by atoms with Gasteiger partial charge >= 0.3 is 5.97 Å². The first-order valence-corrected chi connectivity index (χ1v) is 3.35. The van der Waals surface area contributed by atoms with Crippen molar-refractivity contribution in [2.75, 3.05) is 6.54 Å². The standard InChI is InChI=1S/C6H9F2NO2.ClH/c7-6(8)1-2-9-4(6)3-5(10)11;/h4,9H,1-3H2,(H,10,11);1H. The molecule has 1 aliphatic heterocycles. The molecule has 0 saturated carbocycles. The number of halogens is 3. The smallest absolute Gasteiger partial charge is 0.305 e. The van der Waals surface area contributed by atoms with Crippen LogP contribution >= 0.6 is 12.4 Å². The van der Waals surface area contributed by atoms with Gasteiger partial charge in [-0.1, -0.05) is 0 Å². The molecule has 6 heteroatoms. The van der Waals surface area contributed by atoms with Gasteiger partial charge in [0, 0.05) is 13.0 Å². The van der Waals surface area contributed by atoms with E-state index in [0.717, 1.165) is 0 Å². The minimum atomic E-state index is -2.85. The summed E-state index contributed by atoms with van der Waals surface area (Å²) in [6.45, 7) is 0.199. The zero-order valence-electron chi connectivity index (χ0n) is 6.22. The average molecular weight is 202 g/mol. The van der Waals surface area contributed by atoms with Gasteiger partial charge in [-0.25, -0.2) is 8.78 Å². The Kier molecular flexibility index (Phi) is 3.86. The minimum absolute atomic E-state index is 0. The van der Waals surface area contributed by atoms with Gasteiger partial charge in [0.25, 0.3) is 5.92 Å². The minimum Gasteiger partial charge on any atom is -0.481 e. The molecule has 1 aliphatic rings. The Morgan fingerprint density at radius 1 is 1.67 bits per heavy atom. The monoisotopic (exact) mass is 201 g/mol. The number of nitrogens with one attached hydrogen (secondary N) is 1. The molecule has 1 unspecified atom stereocenters. The molecule has 72 valence electrons. The van der Waals surface area contributed by atoms with E-state index >= 15 is 0 Å². The number of carbonyl (C=O) groups is 1. The van der Waals surface area contributed by atoms with Crippen LogP contribution in [0.5, 0.6) is 0 Å². The van der Waals surface area contributed by atoms with Crippen LogP contribution in [-0.4, -0.2) is 29.6 Å².